The molecule has 5 rings (SSSR count). The van der Waals surface area contributed by atoms with Crippen molar-refractivity contribution in [2.24, 2.45) is 0 Å². The number of hydroxylamine groups is 2. The lowest BCUT2D eigenvalue weighted by Gasteiger charge is -2.25. The normalized spacial score (nSPS) is 13.6. The van der Waals surface area contributed by atoms with Crippen molar-refractivity contribution in [1.82, 2.24) is 15.4 Å². The number of fused-ring (bicyclic) bond motifs is 1. The molecule has 0 aliphatic carbocycles. The molecule has 0 unspecified atom stereocenters. The predicted octanol–water partition coefficient (Wildman–Crippen LogP) is 5.42. The molecule has 4 aromatic rings. The summed E-state index contributed by atoms with van der Waals surface area (Å²) in [4.78, 5) is 21.5. The van der Waals surface area contributed by atoms with Crippen molar-refractivity contribution >= 4 is 17.6 Å². The molecule has 0 spiro atoms. The van der Waals surface area contributed by atoms with E-state index in [0.29, 0.717) is 41.2 Å². The Morgan fingerprint density at radius 1 is 1.00 bits per heavy atom. The van der Waals surface area contributed by atoms with Gasteiger partial charge in [0.2, 0.25) is 5.88 Å². The molecule has 248 valence electrons. The highest BCUT2D eigenvalue weighted by Crippen LogP contribution is 2.37. The first-order chi connectivity index (χ1) is 22.6. The van der Waals surface area contributed by atoms with Gasteiger partial charge >= 0.3 is 5.97 Å². The second-order valence-electron chi connectivity index (χ2n) is 11.5. The Kier molecular flexibility index (Phi) is 10.7. The van der Waals surface area contributed by atoms with Gasteiger partial charge in [0.1, 0.15) is 43.5 Å². The molecule has 0 radical (unpaired) electrons. The molecule has 1 atom stereocenters. The van der Waals surface area contributed by atoms with Crippen molar-refractivity contribution in [3.05, 3.63) is 94.1 Å². The van der Waals surface area contributed by atoms with Gasteiger partial charge in [-0.05, 0) is 65.9 Å². The first kappa shape index (κ1) is 33.8. The summed E-state index contributed by atoms with van der Waals surface area (Å²) < 4.78 is 23.9. The van der Waals surface area contributed by atoms with Gasteiger partial charge in [0.15, 0.2) is 11.5 Å². The smallest absolute Gasteiger partial charge is 0.326 e. The highest BCUT2D eigenvalue weighted by molar-refractivity contribution is 6.32. The van der Waals surface area contributed by atoms with Gasteiger partial charge in [-0.25, -0.2) is 4.98 Å². The van der Waals surface area contributed by atoms with Crippen molar-refractivity contribution in [2.75, 3.05) is 33.9 Å². The molecule has 2 heterocycles. The monoisotopic (exact) mass is 663 g/mol. The van der Waals surface area contributed by atoms with E-state index < -0.39 is 18.1 Å². The van der Waals surface area contributed by atoms with Crippen LogP contribution >= 0.6 is 11.6 Å². The Balaban J connectivity index is 1.38. The molecule has 3 aromatic carbocycles. The number of ether oxygens (including phenoxy) is 4. The van der Waals surface area contributed by atoms with Crippen LogP contribution in [0.25, 0.3) is 11.1 Å². The zero-order valence-electron chi connectivity index (χ0n) is 26.7. The number of pyridine rings is 1. The molecular formula is C35H38ClN3O8. The minimum Gasteiger partial charge on any atom is -0.488 e. The third kappa shape index (κ3) is 8.25. The highest BCUT2D eigenvalue weighted by atomic mass is 35.5. The van der Waals surface area contributed by atoms with Crippen LogP contribution in [0.15, 0.2) is 66.9 Å². The highest BCUT2D eigenvalue weighted by Gasteiger charge is 2.32. The minimum atomic E-state index is -1.57. The van der Waals surface area contributed by atoms with Crippen LogP contribution in [0.3, 0.4) is 0 Å². The van der Waals surface area contributed by atoms with Crippen LogP contribution in [-0.4, -0.2) is 65.7 Å². The van der Waals surface area contributed by atoms with Gasteiger partial charge in [0.25, 0.3) is 0 Å². The van der Waals surface area contributed by atoms with E-state index in [0.717, 1.165) is 39.3 Å². The number of benzene rings is 3. The molecule has 47 heavy (non-hydrogen) atoms. The van der Waals surface area contributed by atoms with Gasteiger partial charge in [-0.15, -0.1) is 5.06 Å². The van der Waals surface area contributed by atoms with Gasteiger partial charge in [-0.2, -0.15) is 0 Å². The number of carboxylic acid groups (broad SMARTS) is 1. The van der Waals surface area contributed by atoms with Crippen molar-refractivity contribution < 1.29 is 38.8 Å². The second kappa shape index (κ2) is 14.9. The summed E-state index contributed by atoms with van der Waals surface area (Å²) in [6, 6.07) is 18.9. The molecule has 0 saturated carbocycles. The summed E-state index contributed by atoms with van der Waals surface area (Å²) in [6.45, 7) is 4.33. The number of aliphatic carboxylic acids is 1. The van der Waals surface area contributed by atoms with Crippen LogP contribution in [0.4, 0.5) is 0 Å². The number of hydrogen-bond donors (Lipinski definition) is 3. The summed E-state index contributed by atoms with van der Waals surface area (Å²) >= 11 is 6.71. The number of rotatable bonds is 14. The molecule has 1 aliphatic rings. The number of halogens is 1. The van der Waals surface area contributed by atoms with Crippen LogP contribution in [0.5, 0.6) is 28.9 Å². The summed E-state index contributed by atoms with van der Waals surface area (Å²) in [5.41, 5.74) is 3.87. The molecule has 11 nitrogen and oxygen atoms in total. The number of nitrogens with zero attached hydrogens (tertiary/aromatic N) is 2. The summed E-state index contributed by atoms with van der Waals surface area (Å²) in [6.07, 6.45) is 1.62. The first-order valence-electron chi connectivity index (χ1n) is 15.0. The maximum atomic E-state index is 11.8. The number of carboxylic acids is 1. The van der Waals surface area contributed by atoms with E-state index >= 15 is 0 Å². The molecule has 1 aliphatic heterocycles. The quantitative estimate of drug-likeness (QED) is 0.149. The average Bonchev–Trinajstić information content (AvgIpc) is 3.06. The molecule has 3 N–H and O–H groups in total. The number of carbonyl (C=O) groups is 1. The van der Waals surface area contributed by atoms with E-state index in [9.17, 15) is 15.0 Å². The zero-order valence-corrected chi connectivity index (χ0v) is 27.5. The van der Waals surface area contributed by atoms with E-state index in [4.69, 9.17) is 35.4 Å². The van der Waals surface area contributed by atoms with E-state index in [1.54, 1.807) is 44.6 Å². The lowest BCUT2D eigenvalue weighted by molar-refractivity contribution is -0.145. The second-order valence-corrected chi connectivity index (χ2v) is 11.9. The fraction of sp³-hybridized carbons (Fsp3) is 0.314. The van der Waals surface area contributed by atoms with Gasteiger partial charge in [0.05, 0.1) is 11.6 Å². The number of aromatic nitrogens is 1. The Morgan fingerprint density at radius 2 is 1.77 bits per heavy atom. The number of aliphatic hydroxyl groups is 1. The molecule has 0 amide bonds. The summed E-state index contributed by atoms with van der Waals surface area (Å²) in [5.74, 6) is 1.50. The zero-order chi connectivity index (χ0) is 33.6. The molecule has 0 bridgehead atoms. The van der Waals surface area contributed by atoms with Crippen LogP contribution in [0, 0.1) is 6.92 Å². The molecular weight excluding hydrogens is 626 g/mol. The summed E-state index contributed by atoms with van der Waals surface area (Å²) in [5, 5.41) is 24.1. The fourth-order valence-corrected chi connectivity index (χ4v) is 5.15. The van der Waals surface area contributed by atoms with Crippen molar-refractivity contribution in [1.29, 1.82) is 0 Å². The maximum absolute atomic E-state index is 11.8. The third-order valence-electron chi connectivity index (χ3n) is 7.72. The minimum absolute atomic E-state index is 0.0563. The molecule has 1 aromatic heterocycles. The van der Waals surface area contributed by atoms with Crippen LogP contribution < -0.4 is 29.1 Å². The predicted molar refractivity (Wildman–Crippen MR) is 176 cm³/mol. The fourth-order valence-electron chi connectivity index (χ4n) is 4.91. The van der Waals surface area contributed by atoms with Gasteiger partial charge in [-0.3, -0.25) is 10.1 Å². The van der Waals surface area contributed by atoms with E-state index in [-0.39, 0.29) is 19.8 Å². The number of hydrogen-bond acceptors (Lipinski definition) is 10. The van der Waals surface area contributed by atoms with Gasteiger partial charge in [-0.1, -0.05) is 35.9 Å². The molecule has 0 fully saturated rings. The Hall–Kier alpha value is -4.55. The molecule has 0 saturated heterocycles. The SMILES string of the molecule is Cc1c(COc2cc(OCc3ccnc(ON(C)C)c3)c(CN[C@@](C)(CO)C(=O)O)cc2Cl)cccc1-c1ccc2c(c1)OCCO2. The summed E-state index contributed by atoms with van der Waals surface area (Å²) in [7, 11) is 3.51. The average molecular weight is 664 g/mol. The first-order valence-corrected chi connectivity index (χ1v) is 15.4. The number of aliphatic hydroxyl groups excluding tert-OH is 1. The molecule has 12 heteroatoms. The Morgan fingerprint density at radius 3 is 2.51 bits per heavy atom. The van der Waals surface area contributed by atoms with Gasteiger partial charge < -0.3 is 34.0 Å². The van der Waals surface area contributed by atoms with E-state index in [1.165, 1.54) is 12.0 Å². The van der Waals surface area contributed by atoms with Crippen molar-refractivity contribution in [2.45, 2.75) is 39.1 Å². The Labute approximate surface area is 278 Å². The standard InChI is InChI=1S/C35H38ClN3O8/c1-22-25(6-5-7-27(22)24-8-9-29-32(16-24)44-13-12-43-29)20-46-31-17-30(45-19-23-10-11-37-33(14-23)47-39(3)4)26(15-28(31)36)18-38-35(2,21-40)34(41)42/h5-11,14-17,38,40H,12-13,18-21H2,1-4H3,(H,41,42)/t35-/m0/s1. The lowest BCUT2D eigenvalue weighted by atomic mass is 9.96. The lowest BCUT2D eigenvalue weighted by Crippen LogP contribution is -2.52. The van der Waals surface area contributed by atoms with E-state index in [2.05, 4.69) is 16.4 Å². The van der Waals surface area contributed by atoms with Gasteiger partial charge in [0, 0.05) is 44.5 Å². The maximum Gasteiger partial charge on any atom is 0.326 e. The van der Waals surface area contributed by atoms with Crippen LogP contribution in [-0.2, 0) is 24.6 Å². The topological polar surface area (TPSA) is 132 Å². The van der Waals surface area contributed by atoms with E-state index in [1.807, 2.05) is 37.3 Å². The van der Waals surface area contributed by atoms with Crippen LogP contribution in [0.2, 0.25) is 5.02 Å². The van der Waals surface area contributed by atoms with Crippen LogP contribution in [0.1, 0.15) is 29.2 Å². The Bertz CT molecular complexity index is 1730. The van der Waals surface area contributed by atoms with Crippen molar-refractivity contribution in [3.8, 4) is 40.0 Å². The number of nitrogens with one attached hydrogen (secondary N) is 1. The van der Waals surface area contributed by atoms with Crippen molar-refractivity contribution in [3.63, 3.8) is 0 Å². The largest absolute Gasteiger partial charge is 0.488 e. The third-order valence-corrected chi connectivity index (χ3v) is 8.02.